The molecule has 0 amide bonds. The van der Waals surface area contributed by atoms with E-state index in [9.17, 15) is 0 Å². The topological polar surface area (TPSA) is 12.0 Å². The van der Waals surface area contributed by atoms with E-state index < -0.39 is 6.98 Å². The van der Waals surface area contributed by atoms with Crippen molar-refractivity contribution in [2.24, 2.45) is 0 Å². The maximum Gasteiger partial charge on any atom is 0.0391 e. The van der Waals surface area contributed by atoms with Crippen molar-refractivity contribution in [1.82, 2.24) is 5.32 Å². The van der Waals surface area contributed by atoms with Gasteiger partial charge >= 0.3 is 0 Å². The van der Waals surface area contributed by atoms with E-state index in [1.165, 1.54) is 0 Å². The van der Waals surface area contributed by atoms with E-state index in [1.807, 2.05) is 37.3 Å². The summed E-state index contributed by atoms with van der Waals surface area (Å²) in [7, 11) is 0. The van der Waals surface area contributed by atoms with Crippen LogP contribution in [0.3, 0.4) is 0 Å². The Hall–Kier alpha value is -0.820. The van der Waals surface area contributed by atoms with E-state index in [4.69, 9.17) is 4.11 Å². The summed E-state index contributed by atoms with van der Waals surface area (Å²) in [6.45, 7) is -0.173. The van der Waals surface area contributed by atoms with Crippen LogP contribution in [0, 0.1) is 0 Å². The summed E-state index contributed by atoms with van der Waals surface area (Å²) in [6.07, 6.45) is 0.735. The Kier molecular flexibility index (Phi) is 1.86. The van der Waals surface area contributed by atoms with Gasteiger partial charge in [-0.2, -0.15) is 0 Å². The van der Waals surface area contributed by atoms with E-state index >= 15 is 0 Å². The second-order valence-corrected chi connectivity index (χ2v) is 2.74. The molecule has 0 aromatic heterocycles. The predicted octanol–water partition coefficient (Wildman–Crippen LogP) is 1.84. The molecule has 1 rings (SSSR count). The van der Waals surface area contributed by atoms with Crippen molar-refractivity contribution in [3.63, 3.8) is 0 Å². The summed E-state index contributed by atoms with van der Waals surface area (Å²) < 4.78 is 21.2. The highest BCUT2D eigenvalue weighted by Crippen LogP contribution is 2.01. The van der Waals surface area contributed by atoms with E-state index in [-0.39, 0.29) is 6.04 Å². The van der Waals surface area contributed by atoms with Gasteiger partial charge in [-0.15, -0.1) is 0 Å². The van der Waals surface area contributed by atoms with Crippen molar-refractivity contribution in [2.75, 3.05) is 6.98 Å². The van der Waals surface area contributed by atoms with Gasteiger partial charge in [0.25, 0.3) is 0 Å². The minimum atomic E-state index is -2.05. The van der Waals surface area contributed by atoms with Gasteiger partial charge in [-0.3, -0.25) is 0 Å². The van der Waals surface area contributed by atoms with Crippen LogP contribution in [0.4, 0.5) is 0 Å². The zero-order chi connectivity index (χ0) is 10.6. The van der Waals surface area contributed by atoms with E-state index in [2.05, 4.69) is 5.32 Å². The van der Waals surface area contributed by atoms with Crippen molar-refractivity contribution in [3.8, 4) is 0 Å². The number of nitrogens with one attached hydrogen (secondary N) is 1. The van der Waals surface area contributed by atoms with Crippen molar-refractivity contribution in [3.05, 3.63) is 35.9 Å². The molecular weight excluding hydrogens is 134 g/mol. The van der Waals surface area contributed by atoms with Crippen molar-refractivity contribution >= 4 is 0 Å². The van der Waals surface area contributed by atoms with Crippen molar-refractivity contribution < 1.29 is 4.11 Å². The molecule has 1 N–H and O–H groups in total. The van der Waals surface area contributed by atoms with Gasteiger partial charge in [0.2, 0.25) is 0 Å². The Balaban J connectivity index is 2.46. The van der Waals surface area contributed by atoms with Crippen molar-refractivity contribution in [2.45, 2.75) is 19.4 Å². The smallest absolute Gasteiger partial charge is 0.0391 e. The number of benzene rings is 1. The first kappa shape index (κ1) is 4.94. The molecule has 11 heavy (non-hydrogen) atoms. The summed E-state index contributed by atoms with van der Waals surface area (Å²) in [6, 6.07) is 9.82. The summed E-state index contributed by atoms with van der Waals surface area (Å²) in [5.74, 6) is 0. The van der Waals surface area contributed by atoms with Gasteiger partial charge in [-0.25, -0.2) is 0 Å². The average Bonchev–Trinajstić information content (AvgIpc) is 2.02. The molecule has 0 saturated heterocycles. The first-order valence-corrected chi connectivity index (χ1v) is 3.79. The number of hydrogen-bond donors (Lipinski definition) is 1. The molecule has 0 saturated carbocycles. The molecule has 0 aliphatic heterocycles. The molecule has 0 unspecified atom stereocenters. The van der Waals surface area contributed by atoms with Crippen molar-refractivity contribution in [1.29, 1.82) is 0 Å². The molecule has 0 bridgehead atoms. The zero-order valence-corrected chi connectivity index (χ0v) is 6.67. The molecule has 0 spiro atoms. The van der Waals surface area contributed by atoms with Crippen LogP contribution in [0.2, 0.25) is 0 Å². The normalized spacial score (nSPS) is 18.1. The lowest BCUT2D eigenvalue weighted by Gasteiger charge is -2.08. The number of likely N-dealkylation sites (N-methyl/N-ethyl adjacent to an activating group) is 1. The van der Waals surface area contributed by atoms with Gasteiger partial charge in [0.15, 0.2) is 0 Å². The third-order valence-corrected chi connectivity index (χ3v) is 1.63. The second kappa shape index (κ2) is 4.14. The van der Waals surface area contributed by atoms with Crippen LogP contribution in [-0.4, -0.2) is 13.0 Å². The predicted molar refractivity (Wildman–Crippen MR) is 48.7 cm³/mol. The van der Waals surface area contributed by atoms with Crippen LogP contribution in [0.25, 0.3) is 0 Å². The van der Waals surface area contributed by atoms with Gasteiger partial charge in [-0.1, -0.05) is 30.3 Å². The van der Waals surface area contributed by atoms with Crippen LogP contribution in [0.1, 0.15) is 16.6 Å². The summed E-state index contributed by atoms with van der Waals surface area (Å²) in [4.78, 5) is 0. The minimum absolute atomic E-state index is 0.0371. The Morgan fingerprint density at radius 3 is 2.82 bits per heavy atom. The fourth-order valence-electron chi connectivity index (χ4n) is 1.02. The molecule has 0 aliphatic carbocycles. The molecule has 0 fully saturated rings. The Labute approximate surface area is 72.7 Å². The van der Waals surface area contributed by atoms with Crippen LogP contribution < -0.4 is 5.32 Å². The molecule has 1 nitrogen and oxygen atoms in total. The highest BCUT2D eigenvalue weighted by atomic mass is 14.8. The Bertz CT molecular complexity index is 268. The quantitative estimate of drug-likeness (QED) is 0.697. The summed E-state index contributed by atoms with van der Waals surface area (Å²) >= 11 is 0. The maximum atomic E-state index is 7.05. The van der Waals surface area contributed by atoms with Gasteiger partial charge in [0.05, 0.1) is 0 Å². The van der Waals surface area contributed by atoms with Crippen LogP contribution in [0.5, 0.6) is 0 Å². The molecule has 0 heterocycles. The molecule has 60 valence electrons. The molecule has 1 atom stereocenters. The van der Waals surface area contributed by atoms with Crippen LogP contribution >= 0.6 is 0 Å². The fourth-order valence-corrected chi connectivity index (χ4v) is 1.02. The highest BCUT2D eigenvalue weighted by molar-refractivity contribution is 5.15. The summed E-state index contributed by atoms with van der Waals surface area (Å²) in [5.41, 5.74) is 1.15. The third kappa shape index (κ3) is 2.72. The summed E-state index contributed by atoms with van der Waals surface area (Å²) in [5, 5.41) is 2.57. The van der Waals surface area contributed by atoms with Crippen LogP contribution in [0.15, 0.2) is 30.3 Å². The van der Waals surface area contributed by atoms with Gasteiger partial charge < -0.3 is 5.32 Å². The van der Waals surface area contributed by atoms with E-state index in [0.717, 1.165) is 12.0 Å². The lowest BCUT2D eigenvalue weighted by molar-refractivity contribution is 0.608. The van der Waals surface area contributed by atoms with E-state index in [1.54, 1.807) is 0 Å². The molecular formula is C10H15N. The van der Waals surface area contributed by atoms with Crippen LogP contribution in [-0.2, 0) is 6.42 Å². The van der Waals surface area contributed by atoms with Gasteiger partial charge in [-0.05, 0) is 25.9 Å². The molecule has 1 heteroatoms. The lowest BCUT2D eigenvalue weighted by Crippen LogP contribution is -2.23. The van der Waals surface area contributed by atoms with Gasteiger partial charge in [0.1, 0.15) is 0 Å². The standard InChI is InChI=1S/C10H15N/c1-9(11-2)8-10-6-4-3-5-7-10/h3-7,9,11H,8H2,1-2H3/t9-/m0/s1/i2D3. The fraction of sp³-hybridized carbons (Fsp3) is 0.400. The largest absolute Gasteiger partial charge is 0.317 e. The lowest BCUT2D eigenvalue weighted by atomic mass is 10.1. The number of rotatable bonds is 3. The van der Waals surface area contributed by atoms with E-state index in [0.29, 0.717) is 0 Å². The van der Waals surface area contributed by atoms with Gasteiger partial charge in [0, 0.05) is 10.2 Å². The molecule has 0 aliphatic rings. The minimum Gasteiger partial charge on any atom is -0.317 e. The molecule has 1 aromatic rings. The average molecular weight is 152 g/mol. The molecule has 0 radical (unpaired) electrons. The third-order valence-electron chi connectivity index (χ3n) is 1.63. The molecule has 1 aromatic carbocycles. The highest BCUT2D eigenvalue weighted by Gasteiger charge is 1.97. The monoisotopic (exact) mass is 152 g/mol. The SMILES string of the molecule is [2H]C([2H])([2H])N[C@@H](C)Cc1ccccc1. The number of hydrogen-bond acceptors (Lipinski definition) is 1. The maximum absolute atomic E-state index is 7.05. The second-order valence-electron chi connectivity index (χ2n) is 2.74. The first-order valence-electron chi connectivity index (χ1n) is 5.29. The Morgan fingerprint density at radius 2 is 2.18 bits per heavy atom. The Morgan fingerprint density at radius 1 is 1.45 bits per heavy atom. The first-order chi connectivity index (χ1) is 6.47. The zero-order valence-electron chi connectivity index (χ0n) is 9.67.